The van der Waals surface area contributed by atoms with Crippen LogP contribution in [0.4, 0.5) is 0 Å². The van der Waals surface area contributed by atoms with Crippen molar-refractivity contribution in [2.75, 3.05) is 0 Å². The van der Waals surface area contributed by atoms with Crippen molar-refractivity contribution in [1.29, 1.82) is 0 Å². The minimum Gasteiger partial charge on any atom is -0.298 e. The first-order chi connectivity index (χ1) is 12.1. The van der Waals surface area contributed by atoms with E-state index in [2.05, 4.69) is 18.2 Å². The van der Waals surface area contributed by atoms with Gasteiger partial charge < -0.3 is 0 Å². The molecular weight excluding hydrogens is 308 g/mol. The molecule has 2 unspecified atom stereocenters. The Morgan fingerprint density at radius 1 is 0.920 bits per heavy atom. The van der Waals surface area contributed by atoms with Crippen LogP contribution in [0.3, 0.4) is 0 Å². The smallest absolute Gasteiger partial charge is 0.187 e. The second-order valence-electron chi connectivity index (χ2n) is 7.67. The maximum absolute atomic E-state index is 13.1. The van der Waals surface area contributed by atoms with Crippen molar-refractivity contribution >= 4 is 23.2 Å². The Morgan fingerprint density at radius 3 is 2.40 bits per heavy atom. The third-order valence-electron chi connectivity index (χ3n) is 6.24. The van der Waals surface area contributed by atoms with Crippen LogP contribution in [0.2, 0.25) is 0 Å². The molecule has 3 aliphatic rings. The van der Waals surface area contributed by atoms with Crippen LogP contribution in [0, 0.1) is 22.3 Å². The van der Waals surface area contributed by atoms with E-state index in [0.717, 1.165) is 50.4 Å². The van der Waals surface area contributed by atoms with Gasteiger partial charge in [0.25, 0.3) is 0 Å². The number of carbonyl (C=O) groups excluding carboxylic acids is 2. The lowest BCUT2D eigenvalue weighted by atomic mass is 9.72. The molecule has 1 fully saturated rings. The van der Waals surface area contributed by atoms with Crippen LogP contribution in [-0.4, -0.2) is 11.6 Å². The monoisotopic (exact) mass is 328 g/mol. The normalized spacial score (nSPS) is 24.3. The zero-order valence-electron chi connectivity index (χ0n) is 14.5. The van der Waals surface area contributed by atoms with Gasteiger partial charge in [0.1, 0.15) is 5.78 Å². The molecule has 5 rings (SSSR count). The Bertz CT molecular complexity index is 1170. The summed E-state index contributed by atoms with van der Waals surface area (Å²) in [5, 5.41) is 4.18. The molecule has 0 amide bonds. The minimum atomic E-state index is -0.105. The fourth-order valence-electron chi connectivity index (χ4n) is 4.61. The summed E-state index contributed by atoms with van der Waals surface area (Å²) in [5.41, 5.74) is 2.88. The summed E-state index contributed by atoms with van der Waals surface area (Å²) in [6, 6.07) is 12.2. The first kappa shape index (κ1) is 14.8. The van der Waals surface area contributed by atoms with Crippen molar-refractivity contribution in [2.24, 2.45) is 11.8 Å². The van der Waals surface area contributed by atoms with Gasteiger partial charge in [0, 0.05) is 17.4 Å². The molecule has 0 radical (unpaired) electrons. The van der Waals surface area contributed by atoms with Crippen molar-refractivity contribution in [3.8, 4) is 0 Å². The quantitative estimate of drug-likeness (QED) is 0.807. The molecule has 0 aromatic heterocycles. The summed E-state index contributed by atoms with van der Waals surface area (Å²) in [7, 11) is 0. The molecule has 0 spiro atoms. The van der Waals surface area contributed by atoms with Crippen LogP contribution in [0.25, 0.3) is 11.6 Å². The molecule has 25 heavy (non-hydrogen) atoms. The van der Waals surface area contributed by atoms with Gasteiger partial charge in [-0.05, 0) is 58.2 Å². The molecule has 1 saturated carbocycles. The molecule has 3 aliphatic carbocycles. The molecule has 0 heterocycles. The molecule has 124 valence electrons. The van der Waals surface area contributed by atoms with E-state index < -0.39 is 0 Å². The highest BCUT2D eigenvalue weighted by atomic mass is 16.1. The molecule has 2 atom stereocenters. The van der Waals surface area contributed by atoms with Gasteiger partial charge in [-0.2, -0.15) is 0 Å². The summed E-state index contributed by atoms with van der Waals surface area (Å²) in [4.78, 5) is 26.1. The molecular formula is C23H20O2. The molecule has 2 nitrogen and oxygen atoms in total. The van der Waals surface area contributed by atoms with E-state index in [9.17, 15) is 9.59 Å². The molecule has 0 aliphatic heterocycles. The molecule has 0 bridgehead atoms. The third kappa shape index (κ3) is 1.97. The van der Waals surface area contributed by atoms with Crippen molar-refractivity contribution in [2.45, 2.75) is 32.6 Å². The lowest BCUT2D eigenvalue weighted by Gasteiger charge is -2.29. The standard InChI is InChI=1S/C23H20O2/c1-12-13(2)23(25)20(14-7-8-14)22-16(12)9-10-18-17-6-4-3-5-15(17)11-19(24)21(18)22/h3-6,9-11,13-14,20H,7-8H2,1-2H3. The van der Waals surface area contributed by atoms with Gasteiger partial charge in [0.05, 0.1) is 0 Å². The summed E-state index contributed by atoms with van der Waals surface area (Å²) >= 11 is 0. The van der Waals surface area contributed by atoms with Gasteiger partial charge in [-0.1, -0.05) is 48.9 Å². The Labute approximate surface area is 146 Å². The number of carbonyl (C=O) groups is 2. The first-order valence-corrected chi connectivity index (χ1v) is 9.11. The summed E-state index contributed by atoms with van der Waals surface area (Å²) in [6.45, 7) is 4.06. The number of fused-ring (bicyclic) bond motifs is 4. The van der Waals surface area contributed by atoms with Crippen molar-refractivity contribution in [1.82, 2.24) is 0 Å². The van der Waals surface area contributed by atoms with Gasteiger partial charge in [0.2, 0.25) is 0 Å². The van der Waals surface area contributed by atoms with E-state index in [4.69, 9.17) is 0 Å². The second-order valence-corrected chi connectivity index (χ2v) is 7.67. The number of Topliss-reactive ketones (excluding diaryl/α,β-unsaturated/α-hetero) is 2. The van der Waals surface area contributed by atoms with Gasteiger partial charge in [0.15, 0.2) is 5.78 Å². The average Bonchev–Trinajstić information content (AvgIpc) is 3.44. The van der Waals surface area contributed by atoms with Crippen molar-refractivity contribution < 1.29 is 9.59 Å². The highest BCUT2D eigenvalue weighted by Gasteiger charge is 2.43. The minimum absolute atomic E-state index is 0.0475. The van der Waals surface area contributed by atoms with Gasteiger partial charge in [-0.15, -0.1) is 0 Å². The van der Waals surface area contributed by atoms with E-state index >= 15 is 0 Å². The number of rotatable bonds is 1. The predicted octanol–water partition coefficient (Wildman–Crippen LogP) is 2.83. The van der Waals surface area contributed by atoms with Crippen LogP contribution in [0.5, 0.6) is 0 Å². The van der Waals surface area contributed by atoms with Crippen LogP contribution in [0.1, 0.15) is 48.5 Å². The Hall–Kier alpha value is -2.48. The first-order valence-electron chi connectivity index (χ1n) is 9.11. The fraction of sp³-hybridized carbons (Fsp3) is 0.304. The molecule has 2 aromatic rings. The van der Waals surface area contributed by atoms with E-state index in [0.29, 0.717) is 11.7 Å². The SMILES string of the molecule is CC1=c2ccc3c(c2C(C2CC2)C(=O)C1C)C(=O)C=c1ccccc1=3. The number of ketones is 2. The Kier molecular flexibility index (Phi) is 2.97. The zero-order valence-corrected chi connectivity index (χ0v) is 14.5. The van der Waals surface area contributed by atoms with E-state index in [1.54, 1.807) is 6.08 Å². The fourth-order valence-corrected chi connectivity index (χ4v) is 4.61. The van der Waals surface area contributed by atoms with Gasteiger partial charge in [-0.3, -0.25) is 9.59 Å². The van der Waals surface area contributed by atoms with Crippen LogP contribution in [0.15, 0.2) is 36.4 Å². The van der Waals surface area contributed by atoms with Crippen LogP contribution >= 0.6 is 0 Å². The summed E-state index contributed by atoms with van der Waals surface area (Å²) in [6.07, 6.45) is 3.93. The lowest BCUT2D eigenvalue weighted by molar-refractivity contribution is -0.123. The predicted molar refractivity (Wildman–Crippen MR) is 97.3 cm³/mol. The molecule has 0 N–H and O–H groups in total. The Balaban J connectivity index is 2.01. The number of hydrogen-bond donors (Lipinski definition) is 0. The van der Waals surface area contributed by atoms with E-state index in [1.165, 1.54) is 0 Å². The van der Waals surface area contributed by atoms with Crippen LogP contribution < -0.4 is 10.4 Å². The van der Waals surface area contributed by atoms with E-state index in [1.807, 2.05) is 32.0 Å². The number of hydrogen-bond acceptors (Lipinski definition) is 2. The zero-order chi connectivity index (χ0) is 17.3. The third-order valence-corrected chi connectivity index (χ3v) is 6.24. The average molecular weight is 328 g/mol. The summed E-state index contributed by atoms with van der Waals surface area (Å²) in [5.74, 6) is 0.606. The van der Waals surface area contributed by atoms with Gasteiger partial charge in [-0.25, -0.2) is 0 Å². The maximum Gasteiger partial charge on any atom is 0.187 e. The van der Waals surface area contributed by atoms with Gasteiger partial charge >= 0.3 is 0 Å². The molecule has 2 aromatic carbocycles. The topological polar surface area (TPSA) is 34.1 Å². The van der Waals surface area contributed by atoms with Crippen molar-refractivity contribution in [3.63, 3.8) is 0 Å². The largest absolute Gasteiger partial charge is 0.298 e. The van der Waals surface area contributed by atoms with Crippen molar-refractivity contribution in [3.05, 3.63) is 68.4 Å². The molecule has 0 saturated heterocycles. The highest BCUT2D eigenvalue weighted by Crippen LogP contribution is 2.46. The summed E-state index contributed by atoms with van der Waals surface area (Å²) < 4.78 is 0. The maximum atomic E-state index is 13.1. The molecule has 2 heteroatoms. The van der Waals surface area contributed by atoms with Crippen LogP contribution in [-0.2, 0) is 4.79 Å². The second kappa shape index (κ2) is 5.01. The van der Waals surface area contributed by atoms with E-state index in [-0.39, 0.29) is 17.6 Å². The highest BCUT2D eigenvalue weighted by molar-refractivity contribution is 6.19. The number of benzene rings is 2. The lowest BCUT2D eigenvalue weighted by Crippen LogP contribution is -2.37. The Morgan fingerprint density at radius 2 is 1.64 bits per heavy atom.